The number of aryl methyl sites for hydroxylation is 1. The number of para-hydroxylation sites is 2. The van der Waals surface area contributed by atoms with E-state index in [1.165, 1.54) is 0 Å². The van der Waals surface area contributed by atoms with Crippen LogP contribution in [-0.4, -0.2) is 18.2 Å². The number of ketones is 1. The first-order valence-corrected chi connectivity index (χ1v) is 11.8. The van der Waals surface area contributed by atoms with Crippen molar-refractivity contribution in [2.75, 3.05) is 22.1 Å². The van der Waals surface area contributed by atoms with Gasteiger partial charge in [0.05, 0.1) is 24.0 Å². The van der Waals surface area contributed by atoms with Gasteiger partial charge < -0.3 is 15.5 Å². The van der Waals surface area contributed by atoms with E-state index < -0.39 is 0 Å². The van der Waals surface area contributed by atoms with Gasteiger partial charge in [-0.1, -0.05) is 35.9 Å². The number of Topliss-reactive ketones (excluding diaryl/α,β-unsaturated/α-hetero) is 1. The molecule has 5 nitrogen and oxygen atoms in total. The quantitative estimate of drug-likeness (QED) is 0.545. The van der Waals surface area contributed by atoms with E-state index in [1.54, 1.807) is 11.3 Å². The molecule has 1 aliphatic carbocycles. The van der Waals surface area contributed by atoms with Crippen LogP contribution in [0.4, 0.5) is 17.1 Å². The Labute approximate surface area is 191 Å². The van der Waals surface area contributed by atoms with Crippen molar-refractivity contribution < 1.29 is 9.59 Å². The third kappa shape index (κ3) is 3.94. The lowest BCUT2D eigenvalue weighted by Gasteiger charge is -2.34. The second-order valence-electron chi connectivity index (χ2n) is 8.27. The lowest BCUT2D eigenvalue weighted by molar-refractivity contribution is -0.117. The minimum absolute atomic E-state index is 0.113. The Kier molecular flexibility index (Phi) is 5.53. The Morgan fingerprint density at radius 2 is 1.91 bits per heavy atom. The van der Waals surface area contributed by atoms with Crippen molar-refractivity contribution in [3.05, 3.63) is 87.8 Å². The van der Waals surface area contributed by atoms with E-state index in [9.17, 15) is 9.59 Å². The summed E-state index contributed by atoms with van der Waals surface area (Å²) in [5.41, 5.74) is 5.53. The molecule has 2 N–H and O–H groups in total. The second-order valence-corrected chi connectivity index (χ2v) is 9.25. The van der Waals surface area contributed by atoms with E-state index in [-0.39, 0.29) is 24.3 Å². The molecule has 2 heterocycles. The van der Waals surface area contributed by atoms with Crippen molar-refractivity contribution >= 4 is 40.1 Å². The molecule has 1 amide bonds. The van der Waals surface area contributed by atoms with E-state index in [0.717, 1.165) is 51.6 Å². The highest BCUT2D eigenvalue weighted by Crippen LogP contribution is 2.45. The predicted octanol–water partition coefficient (Wildman–Crippen LogP) is 5.68. The van der Waals surface area contributed by atoms with Crippen LogP contribution in [0.1, 0.15) is 35.7 Å². The van der Waals surface area contributed by atoms with Crippen LogP contribution in [0.5, 0.6) is 0 Å². The number of fused-ring (bicyclic) bond motifs is 1. The zero-order chi connectivity index (χ0) is 22.1. The molecule has 6 heteroatoms. The van der Waals surface area contributed by atoms with Gasteiger partial charge in [-0.15, -0.1) is 11.3 Å². The molecular formula is C26H25N3O2S. The minimum atomic E-state index is -0.294. The van der Waals surface area contributed by atoms with Gasteiger partial charge in [0.25, 0.3) is 0 Å². The summed E-state index contributed by atoms with van der Waals surface area (Å²) in [5.74, 6) is 0.0476. The van der Waals surface area contributed by atoms with Crippen molar-refractivity contribution in [1.29, 1.82) is 0 Å². The third-order valence-electron chi connectivity index (χ3n) is 6.00. The van der Waals surface area contributed by atoms with Crippen LogP contribution >= 0.6 is 11.3 Å². The number of rotatable bonds is 4. The number of nitrogens with zero attached hydrogens (tertiary/aromatic N) is 1. The average Bonchev–Trinajstić information content (AvgIpc) is 3.27. The highest BCUT2D eigenvalue weighted by molar-refractivity contribution is 7.10. The van der Waals surface area contributed by atoms with E-state index in [2.05, 4.69) is 21.6 Å². The van der Waals surface area contributed by atoms with Gasteiger partial charge in [0.1, 0.15) is 0 Å². The molecule has 162 valence electrons. The topological polar surface area (TPSA) is 61.4 Å². The fourth-order valence-electron chi connectivity index (χ4n) is 4.51. The molecule has 0 bridgehead atoms. The van der Waals surface area contributed by atoms with Gasteiger partial charge in [-0.25, -0.2) is 0 Å². The van der Waals surface area contributed by atoms with Crippen LogP contribution in [0.2, 0.25) is 0 Å². The highest BCUT2D eigenvalue weighted by atomic mass is 32.1. The smallest absolute Gasteiger partial charge is 0.243 e. The molecule has 0 unspecified atom stereocenters. The molecule has 1 atom stereocenters. The standard InChI is InChI=1S/C26H25N3O2S/c1-17-11-13-18(14-12-17)27-24(31)16-29-21-8-3-2-6-19(21)28-20-7-4-9-22(30)25(20)26(29)23-10-5-15-32-23/h2-3,5-6,8,10-15,26,28H,4,7,9,16H2,1H3,(H,27,31)/t26-/m1/s1. The Hall–Kier alpha value is -3.38. The zero-order valence-electron chi connectivity index (χ0n) is 17.9. The second kappa shape index (κ2) is 8.63. The summed E-state index contributed by atoms with van der Waals surface area (Å²) in [6.45, 7) is 2.16. The van der Waals surface area contributed by atoms with E-state index in [0.29, 0.717) is 6.42 Å². The summed E-state index contributed by atoms with van der Waals surface area (Å²) in [5, 5.41) is 8.58. The van der Waals surface area contributed by atoms with Crippen LogP contribution in [0.3, 0.4) is 0 Å². The normalized spacial score (nSPS) is 17.8. The summed E-state index contributed by atoms with van der Waals surface area (Å²) in [6.07, 6.45) is 2.22. The van der Waals surface area contributed by atoms with Gasteiger partial charge in [0.2, 0.25) is 5.91 Å². The number of nitrogens with one attached hydrogen (secondary N) is 2. The van der Waals surface area contributed by atoms with Crippen molar-refractivity contribution in [3.8, 4) is 0 Å². The first-order chi connectivity index (χ1) is 15.6. The van der Waals surface area contributed by atoms with Crippen LogP contribution in [0.25, 0.3) is 0 Å². The lowest BCUT2D eigenvalue weighted by atomic mass is 9.88. The number of anilines is 3. The molecule has 2 aromatic carbocycles. The molecule has 0 fully saturated rings. The van der Waals surface area contributed by atoms with Crippen molar-refractivity contribution in [2.45, 2.75) is 32.2 Å². The van der Waals surface area contributed by atoms with Crippen LogP contribution in [-0.2, 0) is 9.59 Å². The zero-order valence-corrected chi connectivity index (χ0v) is 18.7. The van der Waals surface area contributed by atoms with Crippen LogP contribution in [0, 0.1) is 6.92 Å². The maximum absolute atomic E-state index is 13.2. The fraction of sp³-hybridized carbons (Fsp3) is 0.231. The Bertz CT molecular complexity index is 1180. The SMILES string of the molecule is Cc1ccc(NC(=O)CN2c3ccccc3NC3=C(C(=O)CCC3)[C@H]2c2cccs2)cc1. The third-order valence-corrected chi connectivity index (χ3v) is 6.93. The molecule has 0 saturated carbocycles. The first kappa shape index (κ1) is 20.5. The summed E-state index contributed by atoms with van der Waals surface area (Å²) in [6, 6.07) is 19.5. The lowest BCUT2D eigenvalue weighted by Crippen LogP contribution is -2.38. The van der Waals surface area contributed by atoms with E-state index >= 15 is 0 Å². The van der Waals surface area contributed by atoms with Gasteiger partial charge in [0, 0.05) is 28.3 Å². The summed E-state index contributed by atoms with van der Waals surface area (Å²) in [7, 11) is 0. The number of carbonyl (C=O) groups excluding carboxylic acids is 2. The molecule has 32 heavy (non-hydrogen) atoms. The van der Waals surface area contributed by atoms with Gasteiger partial charge in [-0.2, -0.15) is 0 Å². The van der Waals surface area contributed by atoms with Crippen molar-refractivity contribution in [3.63, 3.8) is 0 Å². The number of carbonyl (C=O) groups is 2. The molecule has 5 rings (SSSR count). The van der Waals surface area contributed by atoms with Crippen LogP contribution in [0.15, 0.2) is 77.3 Å². The largest absolute Gasteiger partial charge is 0.357 e. The Morgan fingerprint density at radius 3 is 2.69 bits per heavy atom. The monoisotopic (exact) mass is 443 g/mol. The molecule has 1 aromatic heterocycles. The molecule has 0 radical (unpaired) electrons. The van der Waals surface area contributed by atoms with Crippen molar-refractivity contribution in [1.82, 2.24) is 0 Å². The summed E-state index contributed by atoms with van der Waals surface area (Å²) >= 11 is 1.62. The van der Waals surface area contributed by atoms with Gasteiger partial charge >= 0.3 is 0 Å². The molecule has 1 aliphatic heterocycles. The minimum Gasteiger partial charge on any atom is -0.357 e. The van der Waals surface area contributed by atoms with Gasteiger partial charge in [-0.3, -0.25) is 9.59 Å². The summed E-state index contributed by atoms with van der Waals surface area (Å²) in [4.78, 5) is 29.5. The maximum atomic E-state index is 13.2. The molecule has 2 aliphatic rings. The van der Waals surface area contributed by atoms with Gasteiger partial charge in [-0.05, 0) is 55.5 Å². The van der Waals surface area contributed by atoms with Crippen LogP contribution < -0.4 is 15.5 Å². The number of thiophene rings is 1. The van der Waals surface area contributed by atoms with E-state index in [1.807, 2.05) is 66.9 Å². The molecule has 0 saturated heterocycles. The average molecular weight is 444 g/mol. The highest BCUT2D eigenvalue weighted by Gasteiger charge is 2.37. The predicted molar refractivity (Wildman–Crippen MR) is 130 cm³/mol. The maximum Gasteiger partial charge on any atom is 0.243 e. The first-order valence-electron chi connectivity index (χ1n) is 10.9. The van der Waals surface area contributed by atoms with E-state index in [4.69, 9.17) is 0 Å². The number of amides is 1. The number of hydrogen-bond donors (Lipinski definition) is 2. The Balaban J connectivity index is 1.57. The van der Waals surface area contributed by atoms with Gasteiger partial charge in [0.15, 0.2) is 5.78 Å². The summed E-state index contributed by atoms with van der Waals surface area (Å²) < 4.78 is 0. The molecular weight excluding hydrogens is 418 g/mol. The number of allylic oxidation sites excluding steroid dienone is 1. The molecule has 3 aromatic rings. The molecule has 0 spiro atoms. The fourth-order valence-corrected chi connectivity index (χ4v) is 5.35. The number of benzene rings is 2. The Morgan fingerprint density at radius 1 is 1.09 bits per heavy atom. The number of hydrogen-bond acceptors (Lipinski definition) is 5. The van der Waals surface area contributed by atoms with Crippen molar-refractivity contribution in [2.24, 2.45) is 0 Å².